The van der Waals surface area contributed by atoms with E-state index in [0.717, 1.165) is 5.92 Å². The van der Waals surface area contributed by atoms with E-state index in [1.54, 1.807) is 34.0 Å². The zero-order valence-corrected chi connectivity index (χ0v) is 21.9. The molecule has 168 valence electrons. The maximum Gasteiger partial charge on any atom is 0.112 e. The Labute approximate surface area is 197 Å². The van der Waals surface area contributed by atoms with Crippen LogP contribution in [0.15, 0.2) is 91.0 Å². The summed E-state index contributed by atoms with van der Waals surface area (Å²) in [4.78, 5) is 0. The van der Waals surface area contributed by atoms with Crippen molar-refractivity contribution >= 4 is 31.2 Å². The Hall–Kier alpha value is -1.69. The highest BCUT2D eigenvalue weighted by Gasteiger charge is 2.48. The van der Waals surface area contributed by atoms with Crippen molar-refractivity contribution in [3.05, 3.63) is 91.0 Å². The van der Waals surface area contributed by atoms with Crippen molar-refractivity contribution < 1.29 is 0 Å². The van der Waals surface area contributed by atoms with Gasteiger partial charge in [0.1, 0.15) is 23.2 Å². The summed E-state index contributed by atoms with van der Waals surface area (Å²) in [5, 5.41) is 4.64. The standard InChI is InChI=1S/C30H40PSi/c1-3-4-14-23-32(2)24-21-27(22-25-32)26-31(28-15-8-5-9-16-28,29-17-10-6-11-18-29)30-19-12-7-13-20-30/h5-13,15-20,27H,3-4,14,21-26H2,1-2H3/q+1. The second-order valence-electron chi connectivity index (χ2n) is 10.2. The lowest BCUT2D eigenvalue weighted by atomic mass is 10.1. The van der Waals surface area contributed by atoms with Crippen molar-refractivity contribution in [2.45, 2.75) is 63.7 Å². The van der Waals surface area contributed by atoms with E-state index in [1.807, 2.05) is 0 Å². The first-order chi connectivity index (χ1) is 15.7. The van der Waals surface area contributed by atoms with Gasteiger partial charge < -0.3 is 0 Å². The highest BCUT2D eigenvalue weighted by molar-refractivity contribution is 7.95. The average molecular weight is 460 g/mol. The van der Waals surface area contributed by atoms with E-state index in [-0.39, 0.29) is 0 Å². The van der Waals surface area contributed by atoms with E-state index in [4.69, 9.17) is 0 Å². The molecule has 0 N–H and O–H groups in total. The third kappa shape index (κ3) is 5.27. The Balaban J connectivity index is 1.67. The highest BCUT2D eigenvalue weighted by Crippen LogP contribution is 2.58. The molecule has 1 fully saturated rings. The molecule has 0 spiro atoms. The van der Waals surface area contributed by atoms with Gasteiger partial charge in [0, 0.05) is 0 Å². The van der Waals surface area contributed by atoms with Crippen LogP contribution in [0.2, 0.25) is 24.7 Å². The van der Waals surface area contributed by atoms with Gasteiger partial charge in [-0.15, -0.1) is 0 Å². The molecule has 0 saturated carbocycles. The van der Waals surface area contributed by atoms with Gasteiger partial charge in [0.25, 0.3) is 0 Å². The Morgan fingerprint density at radius 1 is 0.688 bits per heavy atom. The van der Waals surface area contributed by atoms with Crippen molar-refractivity contribution in [3.8, 4) is 0 Å². The van der Waals surface area contributed by atoms with E-state index in [1.165, 1.54) is 38.3 Å². The highest BCUT2D eigenvalue weighted by atomic mass is 31.2. The quantitative estimate of drug-likeness (QED) is 0.175. The molecule has 0 bridgehead atoms. The SMILES string of the molecule is CCCCC[Si]1(C)CCC(C[P+](c2ccccc2)(c2ccccc2)c2ccccc2)CC1. The van der Waals surface area contributed by atoms with Crippen molar-refractivity contribution in [2.75, 3.05) is 6.16 Å². The largest absolute Gasteiger partial charge is 0.112 e. The molecule has 0 unspecified atom stereocenters. The van der Waals surface area contributed by atoms with Crippen LogP contribution in [0, 0.1) is 5.92 Å². The molecular weight excluding hydrogens is 419 g/mol. The van der Waals surface area contributed by atoms with Crippen LogP contribution in [0.1, 0.15) is 39.0 Å². The second kappa shape index (κ2) is 11.0. The van der Waals surface area contributed by atoms with Crippen LogP contribution in [0.5, 0.6) is 0 Å². The fraction of sp³-hybridized carbons (Fsp3) is 0.400. The van der Waals surface area contributed by atoms with Crippen molar-refractivity contribution in [2.24, 2.45) is 5.92 Å². The molecular formula is C30H40PSi+. The Morgan fingerprint density at radius 3 is 1.53 bits per heavy atom. The van der Waals surface area contributed by atoms with Gasteiger partial charge in [0.15, 0.2) is 0 Å². The number of rotatable bonds is 9. The number of unbranched alkanes of at least 4 members (excludes halogenated alkanes) is 2. The average Bonchev–Trinajstić information content (AvgIpc) is 2.86. The Morgan fingerprint density at radius 2 is 1.12 bits per heavy atom. The van der Waals surface area contributed by atoms with Gasteiger partial charge in [0.05, 0.1) is 14.2 Å². The summed E-state index contributed by atoms with van der Waals surface area (Å²) in [6.45, 7) is 5.04. The normalized spacial score (nSPS) is 21.4. The molecule has 0 nitrogen and oxygen atoms in total. The monoisotopic (exact) mass is 459 g/mol. The van der Waals surface area contributed by atoms with E-state index in [2.05, 4.69) is 104 Å². The van der Waals surface area contributed by atoms with Gasteiger partial charge in [-0.25, -0.2) is 0 Å². The van der Waals surface area contributed by atoms with E-state index >= 15 is 0 Å². The van der Waals surface area contributed by atoms with E-state index in [0.29, 0.717) is 0 Å². The summed E-state index contributed by atoms with van der Waals surface area (Å²) in [6, 6.07) is 39.0. The molecule has 0 radical (unpaired) electrons. The Kier molecular flexibility index (Phi) is 8.03. The van der Waals surface area contributed by atoms with Gasteiger partial charge in [-0.2, -0.15) is 0 Å². The first-order valence-electron chi connectivity index (χ1n) is 12.7. The first kappa shape index (κ1) is 23.5. The summed E-state index contributed by atoms with van der Waals surface area (Å²) >= 11 is 0. The smallest absolute Gasteiger partial charge is 0.0691 e. The van der Waals surface area contributed by atoms with Crippen molar-refractivity contribution in [3.63, 3.8) is 0 Å². The van der Waals surface area contributed by atoms with Crippen LogP contribution in [-0.2, 0) is 0 Å². The lowest BCUT2D eigenvalue weighted by molar-refractivity contribution is 0.515. The second-order valence-corrected chi connectivity index (χ2v) is 18.9. The molecule has 0 atom stereocenters. The van der Waals surface area contributed by atoms with Crippen LogP contribution in [0.3, 0.4) is 0 Å². The van der Waals surface area contributed by atoms with Gasteiger partial charge in [-0.05, 0) is 55.2 Å². The molecule has 4 rings (SSSR count). The lowest BCUT2D eigenvalue weighted by Crippen LogP contribution is -2.39. The van der Waals surface area contributed by atoms with Gasteiger partial charge in [-0.1, -0.05) is 105 Å². The van der Waals surface area contributed by atoms with Gasteiger partial charge in [-0.3, -0.25) is 0 Å². The fourth-order valence-corrected chi connectivity index (χ4v) is 14.6. The summed E-state index contributed by atoms with van der Waals surface area (Å²) < 4.78 is 0. The summed E-state index contributed by atoms with van der Waals surface area (Å²) in [5.41, 5.74) is 0. The summed E-state index contributed by atoms with van der Waals surface area (Å²) in [6.07, 6.45) is 8.47. The van der Waals surface area contributed by atoms with Crippen molar-refractivity contribution in [1.82, 2.24) is 0 Å². The summed E-state index contributed by atoms with van der Waals surface area (Å²) in [5.74, 6) is 0.843. The lowest BCUT2D eigenvalue weighted by Gasteiger charge is -2.38. The molecule has 1 aliphatic rings. The molecule has 3 aromatic rings. The van der Waals surface area contributed by atoms with Crippen LogP contribution < -0.4 is 15.9 Å². The molecule has 1 heterocycles. The van der Waals surface area contributed by atoms with Crippen molar-refractivity contribution in [1.29, 1.82) is 0 Å². The predicted molar refractivity (Wildman–Crippen MR) is 148 cm³/mol. The molecule has 32 heavy (non-hydrogen) atoms. The maximum atomic E-state index is 2.70. The van der Waals surface area contributed by atoms with Gasteiger partial charge >= 0.3 is 0 Å². The zero-order valence-electron chi connectivity index (χ0n) is 20.0. The number of benzene rings is 3. The predicted octanol–water partition coefficient (Wildman–Crippen LogP) is 7.66. The van der Waals surface area contributed by atoms with Gasteiger partial charge in [0.2, 0.25) is 0 Å². The number of hydrogen-bond acceptors (Lipinski definition) is 0. The van der Waals surface area contributed by atoms with Crippen LogP contribution in [0.4, 0.5) is 0 Å². The minimum absolute atomic E-state index is 0.843. The summed E-state index contributed by atoms with van der Waals surface area (Å²) in [7, 11) is -2.69. The first-order valence-corrected chi connectivity index (χ1v) is 17.8. The van der Waals surface area contributed by atoms with Crippen LogP contribution >= 0.6 is 7.26 Å². The van der Waals surface area contributed by atoms with E-state index < -0.39 is 15.3 Å². The van der Waals surface area contributed by atoms with E-state index in [9.17, 15) is 0 Å². The third-order valence-corrected chi connectivity index (χ3v) is 17.0. The van der Waals surface area contributed by atoms with Crippen LogP contribution in [0.25, 0.3) is 0 Å². The molecule has 2 heteroatoms. The zero-order chi connectivity index (χ0) is 22.3. The number of hydrogen-bond donors (Lipinski definition) is 0. The molecule has 1 aliphatic heterocycles. The molecule has 0 aliphatic carbocycles. The topological polar surface area (TPSA) is 0 Å². The Bertz CT molecular complexity index is 834. The minimum Gasteiger partial charge on any atom is -0.0691 e. The molecule has 0 amide bonds. The maximum absolute atomic E-state index is 2.70. The minimum atomic E-state index is -1.67. The fourth-order valence-electron chi connectivity index (χ4n) is 5.81. The molecule has 0 aromatic heterocycles. The third-order valence-electron chi connectivity index (χ3n) is 7.82. The molecule has 3 aromatic carbocycles. The van der Waals surface area contributed by atoms with Crippen LogP contribution in [-0.4, -0.2) is 14.2 Å². The molecule has 1 saturated heterocycles.